The van der Waals surface area contributed by atoms with Crippen LogP contribution in [0.5, 0.6) is 0 Å². The van der Waals surface area contributed by atoms with Gasteiger partial charge in [0, 0.05) is 37.6 Å². The molecule has 3 aromatic heterocycles. The van der Waals surface area contributed by atoms with Gasteiger partial charge in [-0.3, -0.25) is 4.55 Å². The minimum absolute atomic E-state index is 0.188. The van der Waals surface area contributed by atoms with E-state index in [1.54, 1.807) is 12.4 Å². The maximum atomic E-state index is 10.9. The van der Waals surface area contributed by atoms with Crippen LogP contribution < -0.4 is 15.4 Å². The summed E-state index contributed by atoms with van der Waals surface area (Å²) < 4.78 is 27.9. The number of morpholine rings is 1. The second-order valence-corrected chi connectivity index (χ2v) is 9.01. The summed E-state index contributed by atoms with van der Waals surface area (Å²) in [5.74, 6) is 1.43. The van der Waals surface area contributed by atoms with Gasteiger partial charge in [0.25, 0.3) is 0 Å². The van der Waals surface area contributed by atoms with E-state index < -0.39 is 11.3 Å². The van der Waals surface area contributed by atoms with Gasteiger partial charge in [-0.15, -0.1) is 0 Å². The van der Waals surface area contributed by atoms with Crippen LogP contribution in [0.1, 0.15) is 5.56 Å². The van der Waals surface area contributed by atoms with Crippen LogP contribution in [0.4, 0.5) is 11.8 Å². The first-order chi connectivity index (χ1) is 16.1. The van der Waals surface area contributed by atoms with Gasteiger partial charge in [-0.1, -0.05) is 29.5 Å². The van der Waals surface area contributed by atoms with E-state index in [0.717, 1.165) is 32.3 Å². The van der Waals surface area contributed by atoms with E-state index in [9.17, 15) is 4.21 Å². The number of thiazole rings is 1. The number of hydrogen-bond acceptors (Lipinski definition) is 10. The first-order valence-corrected chi connectivity index (χ1v) is 12.0. The Bertz CT molecular complexity index is 1310. The zero-order valence-electron chi connectivity index (χ0n) is 17.3. The molecule has 0 amide bonds. The number of rotatable bonds is 6. The molecule has 4 N–H and O–H groups in total. The third-order valence-electron chi connectivity index (χ3n) is 5.05. The van der Waals surface area contributed by atoms with Crippen LogP contribution in [-0.4, -0.2) is 60.0 Å². The molecule has 1 aliphatic rings. The molecule has 0 saturated carbocycles. The third kappa shape index (κ3) is 4.82. The third-order valence-corrected chi connectivity index (χ3v) is 6.44. The first kappa shape index (κ1) is 21.7. The lowest BCUT2D eigenvalue weighted by molar-refractivity contribution is 0.122. The Labute approximate surface area is 195 Å². The van der Waals surface area contributed by atoms with E-state index >= 15 is 0 Å². The first-order valence-electron chi connectivity index (χ1n) is 10.1. The van der Waals surface area contributed by atoms with Gasteiger partial charge in [0.15, 0.2) is 11.6 Å². The highest BCUT2D eigenvalue weighted by Gasteiger charge is 2.22. The van der Waals surface area contributed by atoms with Crippen molar-refractivity contribution in [1.82, 2.24) is 29.6 Å². The highest BCUT2D eigenvalue weighted by molar-refractivity contribution is 7.77. The molecular formula is C20H20N8O3S2. The van der Waals surface area contributed by atoms with Gasteiger partial charge in [0.1, 0.15) is 15.4 Å². The normalized spacial score (nSPS) is 15.1. The SMILES string of the molecule is Nc1ncc(-c2nc(N3CCOCC3)c3nc(-c4cccc(CNS(=O)O)c4)sc3n2)cn1. The largest absolute Gasteiger partial charge is 0.378 e. The van der Waals surface area contributed by atoms with Crippen LogP contribution in [0, 0.1) is 0 Å². The van der Waals surface area contributed by atoms with Crippen molar-refractivity contribution in [2.24, 2.45) is 0 Å². The number of benzene rings is 1. The van der Waals surface area contributed by atoms with Crippen LogP contribution >= 0.6 is 11.3 Å². The topological polar surface area (TPSA) is 152 Å². The minimum Gasteiger partial charge on any atom is -0.378 e. The van der Waals surface area contributed by atoms with E-state index in [-0.39, 0.29) is 12.5 Å². The molecule has 4 aromatic rings. The zero-order chi connectivity index (χ0) is 22.8. The fourth-order valence-corrected chi connectivity index (χ4v) is 4.69. The fourth-order valence-electron chi connectivity index (χ4n) is 3.47. The zero-order valence-corrected chi connectivity index (χ0v) is 19.0. The smallest absolute Gasteiger partial charge is 0.232 e. The van der Waals surface area contributed by atoms with Crippen LogP contribution in [0.2, 0.25) is 0 Å². The molecule has 0 radical (unpaired) electrons. The molecule has 11 nitrogen and oxygen atoms in total. The summed E-state index contributed by atoms with van der Waals surface area (Å²) in [4.78, 5) is 25.4. The molecule has 1 fully saturated rings. The Morgan fingerprint density at radius 2 is 1.94 bits per heavy atom. The Morgan fingerprint density at radius 3 is 2.70 bits per heavy atom. The second-order valence-electron chi connectivity index (χ2n) is 7.24. The number of nitrogens with two attached hydrogens (primary N) is 1. The van der Waals surface area contributed by atoms with Gasteiger partial charge < -0.3 is 15.4 Å². The van der Waals surface area contributed by atoms with E-state index in [1.165, 1.54) is 11.3 Å². The predicted octanol–water partition coefficient (Wildman–Crippen LogP) is 1.86. The summed E-state index contributed by atoms with van der Waals surface area (Å²) in [7, 11) is 0. The average Bonchev–Trinajstić information content (AvgIpc) is 3.28. The molecule has 13 heteroatoms. The summed E-state index contributed by atoms with van der Waals surface area (Å²) in [6.07, 6.45) is 3.21. The minimum atomic E-state index is -2.07. The van der Waals surface area contributed by atoms with Gasteiger partial charge in [0.2, 0.25) is 17.2 Å². The Morgan fingerprint density at radius 1 is 1.15 bits per heavy atom. The van der Waals surface area contributed by atoms with Crippen molar-refractivity contribution in [3.63, 3.8) is 0 Å². The number of nitrogen functional groups attached to an aromatic ring is 1. The molecule has 1 aliphatic heterocycles. The Kier molecular flexibility index (Phi) is 6.20. The number of nitrogens with one attached hydrogen (secondary N) is 1. The van der Waals surface area contributed by atoms with Gasteiger partial charge >= 0.3 is 0 Å². The summed E-state index contributed by atoms with van der Waals surface area (Å²) in [5.41, 5.74) is 8.78. The van der Waals surface area contributed by atoms with E-state index in [2.05, 4.69) is 19.6 Å². The molecule has 5 rings (SSSR count). The molecule has 0 bridgehead atoms. The summed E-state index contributed by atoms with van der Waals surface area (Å²) in [5, 5.41) is 0.784. The molecule has 1 saturated heterocycles. The van der Waals surface area contributed by atoms with Crippen molar-refractivity contribution >= 4 is 44.7 Å². The van der Waals surface area contributed by atoms with Crippen molar-refractivity contribution in [3.05, 3.63) is 42.2 Å². The molecule has 0 spiro atoms. The molecule has 33 heavy (non-hydrogen) atoms. The van der Waals surface area contributed by atoms with Crippen molar-refractivity contribution in [1.29, 1.82) is 0 Å². The average molecular weight is 485 g/mol. The van der Waals surface area contributed by atoms with Crippen molar-refractivity contribution in [2.75, 3.05) is 36.9 Å². The van der Waals surface area contributed by atoms with Crippen LogP contribution in [-0.2, 0) is 22.5 Å². The highest BCUT2D eigenvalue weighted by Crippen LogP contribution is 2.35. The molecule has 0 aliphatic carbocycles. The van der Waals surface area contributed by atoms with E-state index in [1.807, 2.05) is 24.3 Å². The monoisotopic (exact) mass is 484 g/mol. The van der Waals surface area contributed by atoms with Gasteiger partial charge in [-0.25, -0.2) is 33.9 Å². The van der Waals surface area contributed by atoms with Crippen LogP contribution in [0.15, 0.2) is 36.7 Å². The number of fused-ring (bicyclic) bond motifs is 1. The number of nitrogens with zero attached hydrogens (tertiary/aromatic N) is 6. The van der Waals surface area contributed by atoms with Crippen molar-refractivity contribution in [2.45, 2.75) is 6.54 Å². The van der Waals surface area contributed by atoms with Crippen LogP contribution in [0.3, 0.4) is 0 Å². The summed E-state index contributed by atoms with van der Waals surface area (Å²) in [6, 6.07) is 7.67. The molecule has 1 atom stereocenters. The Balaban J connectivity index is 1.59. The van der Waals surface area contributed by atoms with Gasteiger partial charge in [-0.2, -0.15) is 0 Å². The van der Waals surface area contributed by atoms with Crippen LogP contribution in [0.25, 0.3) is 32.3 Å². The van der Waals surface area contributed by atoms with Gasteiger partial charge in [-0.05, 0) is 11.6 Å². The highest BCUT2D eigenvalue weighted by atomic mass is 32.2. The number of aromatic nitrogens is 5. The quantitative estimate of drug-likeness (QED) is 0.346. The molecule has 1 aromatic carbocycles. The van der Waals surface area contributed by atoms with E-state index in [0.29, 0.717) is 37.7 Å². The Hall–Kier alpha value is -3.10. The second kappa shape index (κ2) is 9.41. The van der Waals surface area contributed by atoms with E-state index in [4.69, 9.17) is 30.0 Å². The lowest BCUT2D eigenvalue weighted by Gasteiger charge is -2.28. The summed E-state index contributed by atoms with van der Waals surface area (Å²) >= 11 is -0.615. The molecule has 170 valence electrons. The molecule has 1 unspecified atom stereocenters. The molecule has 4 heterocycles. The maximum Gasteiger partial charge on any atom is 0.232 e. The van der Waals surface area contributed by atoms with Crippen molar-refractivity contribution < 1.29 is 13.5 Å². The molecular weight excluding hydrogens is 464 g/mol. The fraction of sp³-hybridized carbons (Fsp3) is 0.250. The predicted molar refractivity (Wildman–Crippen MR) is 127 cm³/mol. The lowest BCUT2D eigenvalue weighted by atomic mass is 10.1. The maximum absolute atomic E-state index is 10.9. The number of anilines is 2. The van der Waals surface area contributed by atoms with Crippen molar-refractivity contribution in [3.8, 4) is 22.0 Å². The van der Waals surface area contributed by atoms with Gasteiger partial charge in [0.05, 0.1) is 18.8 Å². The standard InChI is InChI=1S/C20H20N8O3S2/c21-20-22-10-14(11-23-20)16-26-17(28-4-6-31-7-5-28)15-19(27-16)32-18(25-15)13-3-1-2-12(8-13)9-24-33(29)30/h1-3,8,10-11,24H,4-7,9H2,(H,29,30)(H2,21,22,23). The lowest BCUT2D eigenvalue weighted by Crippen LogP contribution is -2.37. The number of hydrogen-bond donors (Lipinski definition) is 3. The summed E-state index contributed by atoms with van der Waals surface area (Å²) in [6.45, 7) is 2.91. The number of ether oxygens (including phenoxy) is 1.